The second-order valence-electron chi connectivity index (χ2n) is 7.80. The van der Waals surface area contributed by atoms with Gasteiger partial charge >= 0.3 is 0 Å². The van der Waals surface area contributed by atoms with E-state index in [1.165, 1.54) is 16.4 Å². The molecule has 1 amide bonds. The van der Waals surface area contributed by atoms with Crippen LogP contribution in [0.15, 0.2) is 83.8 Å². The van der Waals surface area contributed by atoms with Crippen molar-refractivity contribution in [3.63, 3.8) is 0 Å². The van der Waals surface area contributed by atoms with Gasteiger partial charge in [0.2, 0.25) is 0 Å². The summed E-state index contributed by atoms with van der Waals surface area (Å²) in [5.74, 6) is 0.292. The van der Waals surface area contributed by atoms with Crippen LogP contribution in [0.4, 0.5) is 5.69 Å². The Balaban J connectivity index is 1.39. The molecule has 6 nitrogen and oxygen atoms in total. The maximum Gasteiger partial charge on any atom is 0.264 e. The van der Waals surface area contributed by atoms with Crippen molar-refractivity contribution in [2.24, 2.45) is 0 Å². The van der Waals surface area contributed by atoms with Gasteiger partial charge in [-0.1, -0.05) is 48.5 Å². The third-order valence-electron chi connectivity index (χ3n) is 5.53. The normalized spacial score (nSPS) is 13.3. The van der Waals surface area contributed by atoms with E-state index in [0.29, 0.717) is 18.8 Å². The summed E-state index contributed by atoms with van der Waals surface area (Å²) in [6, 6.07) is 23.6. The maximum absolute atomic E-state index is 13.2. The summed E-state index contributed by atoms with van der Waals surface area (Å²) < 4.78 is 33.5. The summed E-state index contributed by atoms with van der Waals surface area (Å²) in [5, 5.41) is 0. The number of carbonyl (C=O) groups is 1. The number of aryl methyl sites for hydroxylation is 1. The number of para-hydroxylation sites is 1. The smallest absolute Gasteiger partial charge is 0.264 e. The van der Waals surface area contributed by atoms with Crippen molar-refractivity contribution in [2.45, 2.75) is 24.3 Å². The maximum atomic E-state index is 13.2. The lowest BCUT2D eigenvalue weighted by atomic mass is 10.0. The van der Waals surface area contributed by atoms with Gasteiger partial charge in [0, 0.05) is 20.1 Å². The number of hydrogen-bond acceptors (Lipinski definition) is 4. The average Bonchev–Trinajstić information content (AvgIpc) is 2.83. The first-order valence-corrected chi connectivity index (χ1v) is 12.0. The number of likely N-dealkylation sites (N-methyl/N-ethyl adjacent to an activating group) is 1. The van der Waals surface area contributed by atoms with Crippen molar-refractivity contribution in [3.05, 3.63) is 90.0 Å². The number of hydrogen-bond donors (Lipinski definition) is 0. The van der Waals surface area contributed by atoms with Crippen LogP contribution in [0.1, 0.15) is 17.5 Å². The van der Waals surface area contributed by atoms with Crippen molar-refractivity contribution in [1.29, 1.82) is 0 Å². The molecule has 0 aliphatic carbocycles. The molecular formula is C25H26N2O4S. The van der Waals surface area contributed by atoms with E-state index in [1.807, 2.05) is 54.6 Å². The van der Waals surface area contributed by atoms with Crippen LogP contribution in [0.5, 0.6) is 5.75 Å². The highest BCUT2D eigenvalue weighted by Crippen LogP contribution is 2.32. The van der Waals surface area contributed by atoms with E-state index in [2.05, 4.69) is 0 Å². The fourth-order valence-corrected chi connectivity index (χ4v) is 5.33. The van der Waals surface area contributed by atoms with Crippen molar-refractivity contribution in [3.8, 4) is 5.75 Å². The fourth-order valence-electron chi connectivity index (χ4n) is 3.78. The monoisotopic (exact) mass is 450 g/mol. The average molecular weight is 451 g/mol. The molecule has 32 heavy (non-hydrogen) atoms. The number of rotatable bonds is 7. The van der Waals surface area contributed by atoms with Crippen LogP contribution >= 0.6 is 0 Å². The van der Waals surface area contributed by atoms with E-state index in [4.69, 9.17) is 4.74 Å². The quantitative estimate of drug-likeness (QED) is 0.548. The van der Waals surface area contributed by atoms with Gasteiger partial charge in [0.1, 0.15) is 5.75 Å². The Labute approximate surface area is 189 Å². The minimum absolute atomic E-state index is 0.116. The molecule has 0 N–H and O–H groups in total. The van der Waals surface area contributed by atoms with Crippen molar-refractivity contribution in [2.75, 3.05) is 24.5 Å². The van der Waals surface area contributed by atoms with Crippen molar-refractivity contribution >= 4 is 21.6 Å². The van der Waals surface area contributed by atoms with Crippen LogP contribution in [0.25, 0.3) is 0 Å². The minimum atomic E-state index is -3.67. The Morgan fingerprint density at radius 1 is 0.969 bits per heavy atom. The third-order valence-corrected chi connectivity index (χ3v) is 7.36. The fraction of sp³-hybridized carbons (Fsp3) is 0.240. The summed E-state index contributed by atoms with van der Waals surface area (Å²) in [6.07, 6.45) is 1.66. The minimum Gasteiger partial charge on any atom is -0.484 e. The van der Waals surface area contributed by atoms with Crippen LogP contribution in [0.3, 0.4) is 0 Å². The van der Waals surface area contributed by atoms with Crippen LogP contribution in [0.2, 0.25) is 0 Å². The number of nitrogens with zero attached hydrogens (tertiary/aromatic N) is 2. The van der Waals surface area contributed by atoms with Gasteiger partial charge in [-0.15, -0.1) is 0 Å². The molecule has 0 radical (unpaired) electrons. The van der Waals surface area contributed by atoms with E-state index < -0.39 is 10.0 Å². The molecule has 0 saturated carbocycles. The topological polar surface area (TPSA) is 66.9 Å². The second-order valence-corrected chi connectivity index (χ2v) is 9.67. The van der Waals surface area contributed by atoms with Crippen LogP contribution < -0.4 is 9.04 Å². The zero-order chi connectivity index (χ0) is 22.6. The standard InChI is InChI=1S/C25H26N2O4S/c1-26(18-20-8-3-2-4-9-20)25(28)19-31-22-13-15-23(16-14-22)32(29,30)27-17-7-11-21-10-5-6-12-24(21)27/h2-6,8-10,12-16H,7,11,17-19H2,1H3. The molecule has 0 unspecified atom stereocenters. The first-order valence-electron chi connectivity index (χ1n) is 10.6. The van der Waals surface area contributed by atoms with Crippen LogP contribution in [-0.2, 0) is 27.8 Å². The molecular weight excluding hydrogens is 424 g/mol. The summed E-state index contributed by atoms with van der Waals surface area (Å²) in [6.45, 7) is 0.840. The Kier molecular flexibility index (Phi) is 6.46. The molecule has 1 heterocycles. The molecule has 4 rings (SSSR count). The molecule has 0 fully saturated rings. The van der Waals surface area contributed by atoms with E-state index in [0.717, 1.165) is 29.7 Å². The summed E-state index contributed by atoms with van der Waals surface area (Å²) >= 11 is 0. The van der Waals surface area contributed by atoms with Gasteiger partial charge in [-0.3, -0.25) is 9.10 Å². The first-order chi connectivity index (χ1) is 15.4. The molecule has 3 aromatic carbocycles. The SMILES string of the molecule is CN(Cc1ccccc1)C(=O)COc1ccc(S(=O)(=O)N2CCCc3ccccc32)cc1. The van der Waals surface area contributed by atoms with Gasteiger partial charge in [0.05, 0.1) is 10.6 Å². The van der Waals surface area contributed by atoms with Gasteiger partial charge in [0.15, 0.2) is 6.61 Å². The molecule has 0 saturated heterocycles. The highest BCUT2D eigenvalue weighted by Gasteiger charge is 2.28. The molecule has 7 heteroatoms. The van der Waals surface area contributed by atoms with E-state index >= 15 is 0 Å². The summed E-state index contributed by atoms with van der Waals surface area (Å²) in [5.41, 5.74) is 2.82. The summed E-state index contributed by atoms with van der Waals surface area (Å²) in [7, 11) is -1.94. The van der Waals surface area contributed by atoms with E-state index in [-0.39, 0.29) is 17.4 Å². The highest BCUT2D eigenvalue weighted by molar-refractivity contribution is 7.92. The third kappa shape index (κ3) is 4.78. The Bertz CT molecular complexity index is 1180. The lowest BCUT2D eigenvalue weighted by molar-refractivity contribution is -0.132. The van der Waals surface area contributed by atoms with E-state index in [9.17, 15) is 13.2 Å². The molecule has 166 valence electrons. The zero-order valence-corrected chi connectivity index (χ0v) is 18.8. The number of anilines is 1. The van der Waals surface area contributed by atoms with E-state index in [1.54, 1.807) is 24.1 Å². The predicted molar refractivity (Wildman–Crippen MR) is 124 cm³/mol. The molecule has 0 aromatic heterocycles. The predicted octanol–water partition coefficient (Wildman–Crippen LogP) is 3.87. The molecule has 3 aromatic rings. The van der Waals surface area contributed by atoms with Crippen LogP contribution in [-0.4, -0.2) is 39.4 Å². The van der Waals surface area contributed by atoms with Gasteiger partial charge in [-0.2, -0.15) is 0 Å². The van der Waals surface area contributed by atoms with Gasteiger partial charge in [0.25, 0.3) is 15.9 Å². The lowest BCUT2D eigenvalue weighted by Crippen LogP contribution is -2.35. The number of ether oxygens (including phenoxy) is 1. The van der Waals surface area contributed by atoms with Crippen molar-refractivity contribution in [1.82, 2.24) is 4.90 Å². The number of sulfonamides is 1. The largest absolute Gasteiger partial charge is 0.484 e. The Morgan fingerprint density at radius 2 is 1.66 bits per heavy atom. The molecule has 1 aliphatic heterocycles. The zero-order valence-electron chi connectivity index (χ0n) is 18.0. The van der Waals surface area contributed by atoms with Gasteiger partial charge in [-0.25, -0.2) is 8.42 Å². The Morgan fingerprint density at radius 3 is 2.41 bits per heavy atom. The highest BCUT2D eigenvalue weighted by atomic mass is 32.2. The summed E-state index contributed by atoms with van der Waals surface area (Å²) in [4.78, 5) is 14.2. The van der Waals surface area contributed by atoms with Crippen LogP contribution in [0, 0.1) is 0 Å². The number of benzene rings is 3. The molecule has 0 spiro atoms. The molecule has 0 bridgehead atoms. The number of amides is 1. The lowest BCUT2D eigenvalue weighted by Gasteiger charge is -2.30. The molecule has 1 aliphatic rings. The first kappa shape index (κ1) is 21.9. The van der Waals surface area contributed by atoms with Gasteiger partial charge < -0.3 is 9.64 Å². The Hall–Kier alpha value is -3.32. The van der Waals surface area contributed by atoms with Crippen molar-refractivity contribution < 1.29 is 17.9 Å². The second kappa shape index (κ2) is 9.44. The van der Waals surface area contributed by atoms with Gasteiger partial charge in [-0.05, 0) is 54.3 Å². The number of fused-ring (bicyclic) bond motifs is 1. The molecule has 0 atom stereocenters. The number of carbonyl (C=O) groups excluding carboxylic acids is 1.